The molecular weight excluding hydrogens is 252 g/mol. The second-order valence-corrected chi connectivity index (χ2v) is 5.15. The monoisotopic (exact) mass is 272 g/mol. The smallest absolute Gasteiger partial charge is 0.237 e. The first kappa shape index (κ1) is 14.3. The van der Waals surface area contributed by atoms with Gasteiger partial charge in [-0.15, -0.1) is 0 Å². The lowest BCUT2D eigenvalue weighted by molar-refractivity contribution is -0.123. The zero-order valence-electron chi connectivity index (χ0n) is 11.8. The number of hydrogen-bond acceptors (Lipinski definition) is 3. The third kappa shape index (κ3) is 3.45. The Hall–Kier alpha value is -2.14. The van der Waals surface area contributed by atoms with Gasteiger partial charge in [-0.2, -0.15) is 5.10 Å². The van der Waals surface area contributed by atoms with Crippen molar-refractivity contribution in [3.8, 4) is 11.3 Å². The molecule has 5 heteroatoms. The molecule has 0 aliphatic carbocycles. The Kier molecular flexibility index (Phi) is 4.53. The number of nitrogens with one attached hydrogen (secondary N) is 2. The lowest BCUT2D eigenvalue weighted by Gasteiger charge is -2.15. The fourth-order valence-corrected chi connectivity index (χ4v) is 1.83. The second-order valence-electron chi connectivity index (χ2n) is 5.15. The number of amides is 1. The molecule has 2 rings (SSSR count). The zero-order valence-corrected chi connectivity index (χ0v) is 11.8. The predicted octanol–water partition coefficient (Wildman–Crippen LogP) is 1.68. The average molecular weight is 272 g/mol. The average Bonchev–Trinajstić information content (AvgIpc) is 2.98. The van der Waals surface area contributed by atoms with Crippen LogP contribution in [0.1, 0.15) is 19.4 Å². The molecule has 1 aromatic heterocycles. The van der Waals surface area contributed by atoms with E-state index in [-0.39, 0.29) is 11.8 Å². The van der Waals surface area contributed by atoms with Gasteiger partial charge in [0.1, 0.15) is 0 Å². The Morgan fingerprint density at radius 1 is 1.30 bits per heavy atom. The third-order valence-corrected chi connectivity index (χ3v) is 3.25. The van der Waals surface area contributed by atoms with E-state index in [4.69, 9.17) is 5.73 Å². The van der Waals surface area contributed by atoms with E-state index in [1.54, 1.807) is 6.20 Å². The van der Waals surface area contributed by atoms with Crippen LogP contribution in [0.25, 0.3) is 11.3 Å². The van der Waals surface area contributed by atoms with E-state index < -0.39 is 6.04 Å². The number of hydrogen-bond donors (Lipinski definition) is 3. The van der Waals surface area contributed by atoms with Gasteiger partial charge in [-0.05, 0) is 23.1 Å². The van der Waals surface area contributed by atoms with Crippen LogP contribution in [0.4, 0.5) is 0 Å². The Bertz CT molecular complexity index is 546. The highest BCUT2D eigenvalue weighted by Crippen LogP contribution is 2.16. The molecule has 1 heterocycles. The van der Waals surface area contributed by atoms with E-state index in [0.717, 1.165) is 16.8 Å². The number of carbonyl (C=O) groups excluding carboxylic acids is 1. The van der Waals surface area contributed by atoms with E-state index >= 15 is 0 Å². The Morgan fingerprint density at radius 3 is 2.55 bits per heavy atom. The summed E-state index contributed by atoms with van der Waals surface area (Å²) in [4.78, 5) is 11.8. The van der Waals surface area contributed by atoms with Crippen LogP contribution in [0.2, 0.25) is 0 Å². The molecule has 1 amide bonds. The molecule has 1 unspecified atom stereocenters. The van der Waals surface area contributed by atoms with Crippen molar-refractivity contribution in [3.05, 3.63) is 42.1 Å². The van der Waals surface area contributed by atoms with Gasteiger partial charge < -0.3 is 11.1 Å². The highest BCUT2D eigenvalue weighted by molar-refractivity contribution is 5.81. The van der Waals surface area contributed by atoms with Crippen molar-refractivity contribution in [3.63, 3.8) is 0 Å². The molecule has 0 spiro atoms. The summed E-state index contributed by atoms with van der Waals surface area (Å²) < 4.78 is 0. The summed E-state index contributed by atoms with van der Waals surface area (Å²) in [6, 6.07) is 9.42. The number of aromatic amines is 1. The SMILES string of the molecule is CC(C)C(N)C(=O)NCc1ccc(-c2ccn[nH]2)cc1. The molecule has 1 atom stereocenters. The number of H-pyrrole nitrogens is 1. The zero-order chi connectivity index (χ0) is 14.5. The minimum Gasteiger partial charge on any atom is -0.351 e. The number of aromatic nitrogens is 2. The number of benzene rings is 1. The van der Waals surface area contributed by atoms with Crippen LogP contribution < -0.4 is 11.1 Å². The largest absolute Gasteiger partial charge is 0.351 e. The molecule has 0 saturated heterocycles. The van der Waals surface area contributed by atoms with Crippen molar-refractivity contribution in [1.82, 2.24) is 15.5 Å². The minimum absolute atomic E-state index is 0.113. The van der Waals surface area contributed by atoms with Crippen molar-refractivity contribution in [2.75, 3.05) is 0 Å². The maximum atomic E-state index is 11.8. The van der Waals surface area contributed by atoms with Gasteiger partial charge in [-0.3, -0.25) is 9.89 Å². The minimum atomic E-state index is -0.459. The van der Waals surface area contributed by atoms with Gasteiger partial charge >= 0.3 is 0 Å². The molecule has 0 radical (unpaired) electrons. The molecule has 20 heavy (non-hydrogen) atoms. The van der Waals surface area contributed by atoms with Crippen molar-refractivity contribution in [1.29, 1.82) is 0 Å². The Morgan fingerprint density at radius 2 is 2.00 bits per heavy atom. The van der Waals surface area contributed by atoms with E-state index in [0.29, 0.717) is 6.54 Å². The summed E-state index contributed by atoms with van der Waals surface area (Å²) in [6.07, 6.45) is 1.72. The molecule has 0 fully saturated rings. The van der Waals surface area contributed by atoms with Crippen LogP contribution in [-0.4, -0.2) is 22.1 Å². The van der Waals surface area contributed by atoms with Gasteiger partial charge in [0.15, 0.2) is 0 Å². The standard InChI is InChI=1S/C15H20N4O/c1-10(2)14(16)15(20)17-9-11-3-5-12(6-4-11)13-7-8-18-19-13/h3-8,10,14H,9,16H2,1-2H3,(H,17,20)(H,18,19). The van der Waals surface area contributed by atoms with Crippen LogP contribution in [0.5, 0.6) is 0 Å². The van der Waals surface area contributed by atoms with Crippen LogP contribution >= 0.6 is 0 Å². The summed E-state index contributed by atoms with van der Waals surface area (Å²) in [7, 11) is 0. The second kappa shape index (κ2) is 6.34. The molecule has 0 aliphatic rings. The number of rotatable bonds is 5. The van der Waals surface area contributed by atoms with Crippen LogP contribution in [0, 0.1) is 5.92 Å². The van der Waals surface area contributed by atoms with Gasteiger partial charge in [0.25, 0.3) is 0 Å². The van der Waals surface area contributed by atoms with E-state index in [1.807, 2.05) is 44.2 Å². The first-order chi connectivity index (χ1) is 9.58. The highest BCUT2D eigenvalue weighted by Gasteiger charge is 2.16. The van der Waals surface area contributed by atoms with E-state index in [1.165, 1.54) is 0 Å². The maximum Gasteiger partial charge on any atom is 0.237 e. The van der Waals surface area contributed by atoms with E-state index in [9.17, 15) is 4.79 Å². The van der Waals surface area contributed by atoms with E-state index in [2.05, 4.69) is 15.5 Å². The molecule has 0 aliphatic heterocycles. The maximum absolute atomic E-state index is 11.8. The Labute approximate surface area is 118 Å². The molecule has 4 N–H and O–H groups in total. The van der Waals surface area contributed by atoms with Gasteiger partial charge in [-0.1, -0.05) is 38.1 Å². The summed E-state index contributed by atoms with van der Waals surface area (Å²) in [5.41, 5.74) is 8.87. The topological polar surface area (TPSA) is 83.8 Å². The molecule has 1 aromatic carbocycles. The summed E-state index contributed by atoms with van der Waals surface area (Å²) >= 11 is 0. The van der Waals surface area contributed by atoms with Gasteiger partial charge in [0.2, 0.25) is 5.91 Å². The van der Waals surface area contributed by atoms with Crippen molar-refractivity contribution >= 4 is 5.91 Å². The van der Waals surface area contributed by atoms with Crippen molar-refractivity contribution < 1.29 is 4.79 Å². The van der Waals surface area contributed by atoms with Gasteiger partial charge in [0.05, 0.1) is 11.7 Å². The lowest BCUT2D eigenvalue weighted by Crippen LogP contribution is -2.43. The molecule has 2 aromatic rings. The molecule has 0 saturated carbocycles. The fraction of sp³-hybridized carbons (Fsp3) is 0.333. The summed E-state index contributed by atoms with van der Waals surface area (Å²) in [5.74, 6) is 0.0235. The normalized spacial score (nSPS) is 12.4. The molecule has 5 nitrogen and oxygen atoms in total. The van der Waals surface area contributed by atoms with Crippen LogP contribution in [0.15, 0.2) is 36.5 Å². The fourth-order valence-electron chi connectivity index (χ4n) is 1.83. The van der Waals surface area contributed by atoms with Gasteiger partial charge in [-0.25, -0.2) is 0 Å². The van der Waals surface area contributed by atoms with Crippen molar-refractivity contribution in [2.45, 2.75) is 26.4 Å². The first-order valence-corrected chi connectivity index (χ1v) is 6.70. The number of nitrogens with zero attached hydrogens (tertiary/aromatic N) is 1. The Balaban J connectivity index is 1.93. The quantitative estimate of drug-likeness (QED) is 0.774. The summed E-state index contributed by atoms with van der Waals surface area (Å²) in [5, 5.41) is 9.68. The lowest BCUT2D eigenvalue weighted by atomic mass is 10.0. The first-order valence-electron chi connectivity index (χ1n) is 6.70. The predicted molar refractivity (Wildman–Crippen MR) is 78.7 cm³/mol. The highest BCUT2D eigenvalue weighted by atomic mass is 16.2. The molecule has 106 valence electrons. The van der Waals surface area contributed by atoms with Crippen LogP contribution in [0.3, 0.4) is 0 Å². The van der Waals surface area contributed by atoms with Crippen LogP contribution in [-0.2, 0) is 11.3 Å². The molecular formula is C15H20N4O. The molecule has 0 bridgehead atoms. The summed E-state index contributed by atoms with van der Waals surface area (Å²) in [6.45, 7) is 4.36. The number of carbonyl (C=O) groups is 1. The third-order valence-electron chi connectivity index (χ3n) is 3.25. The van der Waals surface area contributed by atoms with Crippen molar-refractivity contribution in [2.24, 2.45) is 11.7 Å². The van der Waals surface area contributed by atoms with Gasteiger partial charge in [0, 0.05) is 12.7 Å². The number of nitrogens with two attached hydrogens (primary N) is 1.